The number of aliphatic hydroxyl groups is 2. The van der Waals surface area contributed by atoms with Crippen LogP contribution in [0.5, 0.6) is 5.75 Å². The zero-order valence-electron chi connectivity index (χ0n) is 15.4. The molecule has 10 heteroatoms. The fourth-order valence-electron chi connectivity index (χ4n) is 2.74. The SMILES string of the molecule is CC(C(=O)OCC(N)(CO)CO)n1c(=O)oc2cc(OC3CCC3)c(Cl)cc21. The van der Waals surface area contributed by atoms with Crippen LogP contribution in [0, 0.1) is 0 Å². The number of nitrogens with two attached hydrogens (primary N) is 1. The molecule has 1 saturated carbocycles. The van der Waals surface area contributed by atoms with Gasteiger partial charge in [0.1, 0.15) is 18.4 Å². The van der Waals surface area contributed by atoms with Crippen LogP contribution in [0.3, 0.4) is 0 Å². The van der Waals surface area contributed by atoms with E-state index in [2.05, 4.69) is 0 Å². The van der Waals surface area contributed by atoms with Gasteiger partial charge < -0.3 is 29.8 Å². The number of halogens is 1. The molecule has 1 aliphatic carbocycles. The first kappa shape index (κ1) is 20.7. The third kappa shape index (κ3) is 4.02. The molecular weight excluding hydrogens is 392 g/mol. The van der Waals surface area contributed by atoms with Crippen LogP contribution in [0.4, 0.5) is 0 Å². The monoisotopic (exact) mass is 414 g/mol. The van der Waals surface area contributed by atoms with E-state index < -0.39 is 43.1 Å². The molecule has 1 aromatic heterocycles. The third-order valence-corrected chi connectivity index (χ3v) is 5.17. The quantitative estimate of drug-likeness (QED) is 0.543. The minimum Gasteiger partial charge on any atom is -0.489 e. The van der Waals surface area contributed by atoms with E-state index in [1.807, 2.05) is 0 Å². The van der Waals surface area contributed by atoms with Gasteiger partial charge in [-0.1, -0.05) is 11.6 Å². The van der Waals surface area contributed by atoms with Crippen molar-refractivity contribution >= 4 is 28.7 Å². The first-order valence-electron chi connectivity index (χ1n) is 8.96. The number of aliphatic hydroxyl groups excluding tert-OH is 2. The summed E-state index contributed by atoms with van der Waals surface area (Å²) in [6, 6.07) is 2.01. The number of oxazole rings is 1. The molecule has 0 saturated heterocycles. The lowest BCUT2D eigenvalue weighted by Gasteiger charge is -2.26. The van der Waals surface area contributed by atoms with Crippen LogP contribution in [-0.2, 0) is 9.53 Å². The number of esters is 1. The molecule has 2 aromatic rings. The number of aromatic nitrogens is 1. The average Bonchev–Trinajstić information content (AvgIpc) is 2.96. The van der Waals surface area contributed by atoms with E-state index in [0.717, 1.165) is 23.8 Å². The largest absolute Gasteiger partial charge is 0.489 e. The fraction of sp³-hybridized carbons (Fsp3) is 0.556. The van der Waals surface area contributed by atoms with E-state index in [1.165, 1.54) is 19.1 Å². The van der Waals surface area contributed by atoms with Gasteiger partial charge in [-0.05, 0) is 32.3 Å². The lowest BCUT2D eigenvalue weighted by molar-refractivity contribution is -0.150. The number of hydrogen-bond acceptors (Lipinski definition) is 8. The standard InChI is InChI=1S/C18H23ClN2O7/c1-10(16(24)26-9-18(20,7-22)8-23)21-13-5-12(19)14(27-11-3-2-4-11)6-15(13)28-17(21)25/h5-6,10-11,22-23H,2-4,7-9,20H2,1H3. The summed E-state index contributed by atoms with van der Waals surface area (Å²) in [5.74, 6) is -1.10. The van der Waals surface area contributed by atoms with Crippen molar-refractivity contribution in [1.29, 1.82) is 0 Å². The number of benzene rings is 1. The van der Waals surface area contributed by atoms with Crippen LogP contribution in [0.25, 0.3) is 11.1 Å². The van der Waals surface area contributed by atoms with Gasteiger partial charge in [0.05, 0.1) is 35.4 Å². The summed E-state index contributed by atoms with van der Waals surface area (Å²) < 4.78 is 17.2. The number of carbonyl (C=O) groups is 1. The summed E-state index contributed by atoms with van der Waals surface area (Å²) in [5, 5.41) is 18.7. The Bertz CT molecular complexity index is 915. The summed E-state index contributed by atoms with van der Waals surface area (Å²) in [5.41, 5.74) is 4.78. The molecule has 0 radical (unpaired) electrons. The van der Waals surface area contributed by atoms with Crippen molar-refractivity contribution in [2.24, 2.45) is 5.73 Å². The van der Waals surface area contributed by atoms with Crippen LogP contribution < -0.4 is 16.2 Å². The van der Waals surface area contributed by atoms with E-state index in [0.29, 0.717) is 16.3 Å². The Labute approximate surface area is 165 Å². The normalized spacial score (nSPS) is 16.0. The molecule has 28 heavy (non-hydrogen) atoms. The summed E-state index contributed by atoms with van der Waals surface area (Å²) in [4.78, 5) is 24.7. The number of fused-ring (bicyclic) bond motifs is 1. The topological polar surface area (TPSA) is 137 Å². The highest BCUT2D eigenvalue weighted by Gasteiger charge is 2.29. The summed E-state index contributed by atoms with van der Waals surface area (Å²) in [7, 11) is 0. The van der Waals surface area contributed by atoms with Gasteiger partial charge >= 0.3 is 11.7 Å². The minimum absolute atomic E-state index is 0.104. The van der Waals surface area contributed by atoms with Gasteiger partial charge in [0.25, 0.3) is 0 Å². The van der Waals surface area contributed by atoms with Crippen LogP contribution >= 0.6 is 11.6 Å². The lowest BCUT2D eigenvalue weighted by atomic mass is 9.96. The predicted octanol–water partition coefficient (Wildman–Crippen LogP) is 0.965. The molecule has 1 aromatic carbocycles. The zero-order chi connectivity index (χ0) is 20.5. The van der Waals surface area contributed by atoms with Gasteiger partial charge in [-0.25, -0.2) is 9.59 Å². The van der Waals surface area contributed by atoms with Crippen molar-refractivity contribution in [2.45, 2.75) is 43.9 Å². The third-order valence-electron chi connectivity index (χ3n) is 4.87. The van der Waals surface area contributed by atoms with Crippen LogP contribution in [0.1, 0.15) is 32.2 Å². The molecule has 0 spiro atoms. The highest BCUT2D eigenvalue weighted by molar-refractivity contribution is 6.32. The van der Waals surface area contributed by atoms with Gasteiger partial charge in [0, 0.05) is 6.07 Å². The van der Waals surface area contributed by atoms with E-state index in [9.17, 15) is 19.8 Å². The molecule has 1 fully saturated rings. The lowest BCUT2D eigenvalue weighted by Crippen LogP contribution is -2.52. The number of ether oxygens (including phenoxy) is 2. The van der Waals surface area contributed by atoms with Crippen LogP contribution in [-0.4, -0.2) is 52.2 Å². The summed E-state index contributed by atoms with van der Waals surface area (Å²) in [6.07, 6.45) is 3.11. The zero-order valence-corrected chi connectivity index (χ0v) is 16.1. The maximum Gasteiger partial charge on any atom is 0.420 e. The van der Waals surface area contributed by atoms with Gasteiger partial charge in [0.2, 0.25) is 0 Å². The Morgan fingerprint density at radius 2 is 2.11 bits per heavy atom. The molecule has 0 bridgehead atoms. The molecule has 0 aliphatic heterocycles. The first-order chi connectivity index (χ1) is 13.3. The van der Waals surface area contributed by atoms with E-state index in [4.69, 9.17) is 31.2 Å². The molecule has 9 nitrogen and oxygen atoms in total. The predicted molar refractivity (Wildman–Crippen MR) is 101 cm³/mol. The van der Waals surface area contributed by atoms with Gasteiger partial charge in [-0.15, -0.1) is 0 Å². The minimum atomic E-state index is -1.46. The van der Waals surface area contributed by atoms with Crippen LogP contribution in [0.15, 0.2) is 21.3 Å². The average molecular weight is 415 g/mol. The fourth-order valence-corrected chi connectivity index (χ4v) is 2.95. The second-order valence-electron chi connectivity index (χ2n) is 7.12. The Kier molecular flexibility index (Phi) is 5.99. The smallest absolute Gasteiger partial charge is 0.420 e. The van der Waals surface area contributed by atoms with Crippen molar-refractivity contribution in [3.05, 3.63) is 27.7 Å². The van der Waals surface area contributed by atoms with Crippen molar-refractivity contribution in [2.75, 3.05) is 19.8 Å². The van der Waals surface area contributed by atoms with Gasteiger partial charge in [-0.2, -0.15) is 0 Å². The Balaban J connectivity index is 1.83. The number of hydrogen-bond donors (Lipinski definition) is 3. The molecule has 1 atom stereocenters. The molecule has 1 heterocycles. The number of carbonyl (C=O) groups excluding carboxylic acids is 1. The van der Waals surface area contributed by atoms with Crippen molar-refractivity contribution in [1.82, 2.24) is 4.57 Å². The summed E-state index contributed by atoms with van der Waals surface area (Å²) in [6.45, 7) is -0.0897. The van der Waals surface area contributed by atoms with Crippen molar-refractivity contribution in [3.8, 4) is 5.75 Å². The summed E-state index contributed by atoms with van der Waals surface area (Å²) >= 11 is 6.28. The number of nitrogens with zero attached hydrogens (tertiary/aromatic N) is 1. The van der Waals surface area contributed by atoms with Gasteiger partial charge in [0.15, 0.2) is 5.58 Å². The van der Waals surface area contributed by atoms with Crippen molar-refractivity contribution < 1.29 is 28.9 Å². The first-order valence-corrected chi connectivity index (χ1v) is 9.34. The molecule has 1 unspecified atom stereocenters. The maximum absolute atomic E-state index is 12.4. The Hall–Kier alpha value is -2.07. The number of rotatable bonds is 8. The van der Waals surface area contributed by atoms with Crippen molar-refractivity contribution in [3.63, 3.8) is 0 Å². The van der Waals surface area contributed by atoms with E-state index >= 15 is 0 Å². The van der Waals surface area contributed by atoms with Crippen LogP contribution in [0.2, 0.25) is 5.02 Å². The second-order valence-corrected chi connectivity index (χ2v) is 7.53. The van der Waals surface area contributed by atoms with E-state index in [-0.39, 0.29) is 11.7 Å². The molecule has 4 N–H and O–H groups in total. The second kappa shape index (κ2) is 8.12. The van der Waals surface area contributed by atoms with Gasteiger partial charge in [-0.3, -0.25) is 4.57 Å². The highest BCUT2D eigenvalue weighted by atomic mass is 35.5. The Morgan fingerprint density at radius 3 is 2.68 bits per heavy atom. The molecular formula is C18H23ClN2O7. The maximum atomic E-state index is 12.4. The Morgan fingerprint density at radius 1 is 1.43 bits per heavy atom. The van der Waals surface area contributed by atoms with E-state index in [1.54, 1.807) is 0 Å². The molecule has 154 valence electrons. The molecule has 0 amide bonds. The highest BCUT2D eigenvalue weighted by Crippen LogP contribution is 2.34. The molecule has 3 rings (SSSR count). The molecule has 1 aliphatic rings.